The van der Waals surface area contributed by atoms with Gasteiger partial charge in [-0.05, 0) is 44.4 Å². The Morgan fingerprint density at radius 3 is 2.26 bits per heavy atom. The molecule has 5 nitrogen and oxygen atoms in total. The molecule has 1 aliphatic carbocycles. The average Bonchev–Trinajstić information content (AvgIpc) is 2.56. The molecule has 1 saturated heterocycles. The molecule has 5 heteroatoms. The first kappa shape index (κ1) is 18.2. The van der Waals surface area contributed by atoms with Crippen molar-refractivity contribution in [2.75, 3.05) is 6.61 Å². The number of hydrogen-bond acceptors (Lipinski definition) is 3. The van der Waals surface area contributed by atoms with Gasteiger partial charge in [-0.3, -0.25) is 9.59 Å². The molecule has 0 radical (unpaired) electrons. The molecule has 2 unspecified atom stereocenters. The monoisotopic (exact) mass is 325 g/mol. The Morgan fingerprint density at radius 2 is 1.70 bits per heavy atom. The molecule has 23 heavy (non-hydrogen) atoms. The number of carboxylic acids is 1. The minimum absolute atomic E-state index is 0.0138. The number of rotatable bonds is 6. The van der Waals surface area contributed by atoms with Crippen molar-refractivity contribution in [2.24, 2.45) is 17.8 Å². The SMILES string of the molecule is CCC(CC)C1CC(NC(=O)C2CCC(C(=O)O)CC2)CCO1. The molecule has 2 rings (SSSR count). The molecule has 0 aromatic rings. The normalized spacial score (nSPS) is 31.8. The molecular weight excluding hydrogens is 294 g/mol. The largest absolute Gasteiger partial charge is 0.481 e. The molecule has 2 N–H and O–H groups in total. The molecule has 2 atom stereocenters. The summed E-state index contributed by atoms with van der Waals surface area (Å²) in [5.41, 5.74) is 0. The first-order valence-electron chi connectivity index (χ1n) is 9.19. The second-order valence-electron chi connectivity index (χ2n) is 7.10. The number of carbonyl (C=O) groups excluding carboxylic acids is 1. The molecule has 132 valence electrons. The van der Waals surface area contributed by atoms with Gasteiger partial charge in [0.15, 0.2) is 0 Å². The van der Waals surface area contributed by atoms with Crippen molar-refractivity contribution in [1.82, 2.24) is 5.32 Å². The zero-order valence-electron chi connectivity index (χ0n) is 14.4. The van der Waals surface area contributed by atoms with Gasteiger partial charge in [-0.2, -0.15) is 0 Å². The quantitative estimate of drug-likeness (QED) is 0.787. The lowest BCUT2D eigenvalue weighted by Crippen LogP contribution is -2.46. The fraction of sp³-hybridized carbons (Fsp3) is 0.889. The average molecular weight is 325 g/mol. The molecule has 1 amide bonds. The number of carbonyl (C=O) groups is 2. The highest BCUT2D eigenvalue weighted by Gasteiger charge is 2.33. The van der Waals surface area contributed by atoms with Gasteiger partial charge in [0, 0.05) is 18.6 Å². The first-order valence-corrected chi connectivity index (χ1v) is 9.19. The van der Waals surface area contributed by atoms with Crippen molar-refractivity contribution < 1.29 is 19.4 Å². The smallest absolute Gasteiger partial charge is 0.306 e. The van der Waals surface area contributed by atoms with E-state index in [1.807, 2.05) is 0 Å². The molecule has 1 aliphatic heterocycles. The van der Waals surface area contributed by atoms with Crippen LogP contribution in [0.15, 0.2) is 0 Å². The number of carboxylic acid groups (broad SMARTS) is 1. The molecule has 0 aromatic carbocycles. The fourth-order valence-corrected chi connectivity index (χ4v) is 4.02. The minimum atomic E-state index is -0.721. The molecule has 1 heterocycles. The van der Waals surface area contributed by atoms with E-state index in [0.29, 0.717) is 31.6 Å². The van der Waals surface area contributed by atoms with Crippen LogP contribution in [0.4, 0.5) is 0 Å². The van der Waals surface area contributed by atoms with Crippen molar-refractivity contribution in [3.8, 4) is 0 Å². The fourth-order valence-electron chi connectivity index (χ4n) is 4.02. The van der Waals surface area contributed by atoms with Crippen LogP contribution in [-0.2, 0) is 14.3 Å². The lowest BCUT2D eigenvalue weighted by molar-refractivity contribution is -0.144. The van der Waals surface area contributed by atoms with E-state index in [0.717, 1.165) is 32.3 Å². The number of nitrogens with one attached hydrogen (secondary N) is 1. The lowest BCUT2D eigenvalue weighted by Gasteiger charge is -2.35. The van der Waals surface area contributed by atoms with Gasteiger partial charge in [-0.1, -0.05) is 26.7 Å². The summed E-state index contributed by atoms with van der Waals surface area (Å²) in [6.07, 6.45) is 6.91. The van der Waals surface area contributed by atoms with E-state index in [1.165, 1.54) is 0 Å². The Morgan fingerprint density at radius 1 is 1.09 bits per heavy atom. The first-order chi connectivity index (χ1) is 11.0. The Labute approximate surface area is 139 Å². The van der Waals surface area contributed by atoms with E-state index < -0.39 is 5.97 Å². The number of aliphatic carboxylic acids is 1. The zero-order valence-corrected chi connectivity index (χ0v) is 14.4. The van der Waals surface area contributed by atoms with E-state index in [1.54, 1.807) is 0 Å². The number of amides is 1. The van der Waals surface area contributed by atoms with E-state index >= 15 is 0 Å². The van der Waals surface area contributed by atoms with Crippen LogP contribution < -0.4 is 5.32 Å². The lowest BCUT2D eigenvalue weighted by atomic mass is 9.81. The van der Waals surface area contributed by atoms with Crippen LogP contribution in [0.2, 0.25) is 0 Å². The van der Waals surface area contributed by atoms with Crippen LogP contribution in [-0.4, -0.2) is 35.7 Å². The highest BCUT2D eigenvalue weighted by Crippen LogP contribution is 2.30. The molecule has 0 aromatic heterocycles. The summed E-state index contributed by atoms with van der Waals surface area (Å²) in [6, 6.07) is 0.207. The van der Waals surface area contributed by atoms with Gasteiger partial charge >= 0.3 is 5.97 Å². The van der Waals surface area contributed by atoms with Crippen LogP contribution in [0.5, 0.6) is 0 Å². The predicted octanol–water partition coefficient (Wildman–Crippen LogP) is 2.98. The third-order valence-corrected chi connectivity index (χ3v) is 5.68. The van der Waals surface area contributed by atoms with Gasteiger partial charge in [0.2, 0.25) is 5.91 Å². The van der Waals surface area contributed by atoms with Crippen molar-refractivity contribution in [2.45, 2.75) is 77.4 Å². The summed E-state index contributed by atoms with van der Waals surface area (Å²) in [6.45, 7) is 5.11. The van der Waals surface area contributed by atoms with Crippen LogP contribution in [0.25, 0.3) is 0 Å². The van der Waals surface area contributed by atoms with E-state index in [-0.39, 0.29) is 29.9 Å². The molecule has 0 spiro atoms. The maximum Gasteiger partial charge on any atom is 0.306 e. The maximum atomic E-state index is 12.5. The summed E-state index contributed by atoms with van der Waals surface area (Å²) in [5.74, 6) is -0.313. The van der Waals surface area contributed by atoms with Crippen LogP contribution in [0, 0.1) is 17.8 Å². The molecule has 0 bridgehead atoms. The second kappa shape index (κ2) is 8.67. The van der Waals surface area contributed by atoms with Crippen molar-refractivity contribution in [3.05, 3.63) is 0 Å². The summed E-state index contributed by atoms with van der Waals surface area (Å²) in [7, 11) is 0. The summed E-state index contributed by atoms with van der Waals surface area (Å²) in [4.78, 5) is 23.4. The van der Waals surface area contributed by atoms with E-state index in [4.69, 9.17) is 9.84 Å². The molecular formula is C18H31NO4. The van der Waals surface area contributed by atoms with Crippen molar-refractivity contribution in [1.29, 1.82) is 0 Å². The highest BCUT2D eigenvalue weighted by molar-refractivity contribution is 5.79. The Bertz CT molecular complexity index is 400. The maximum absolute atomic E-state index is 12.5. The van der Waals surface area contributed by atoms with Gasteiger partial charge in [0.1, 0.15) is 0 Å². The van der Waals surface area contributed by atoms with Crippen LogP contribution in [0.1, 0.15) is 65.2 Å². The highest BCUT2D eigenvalue weighted by atomic mass is 16.5. The Hall–Kier alpha value is -1.10. The summed E-state index contributed by atoms with van der Waals surface area (Å²) >= 11 is 0. The topological polar surface area (TPSA) is 75.6 Å². The van der Waals surface area contributed by atoms with Crippen molar-refractivity contribution in [3.63, 3.8) is 0 Å². The standard InChI is InChI=1S/C18H31NO4/c1-3-12(4-2)16-11-15(9-10-23-16)19-17(20)13-5-7-14(8-6-13)18(21)22/h12-16H,3-11H2,1-2H3,(H,19,20)(H,21,22). The van der Waals surface area contributed by atoms with Gasteiger partial charge in [-0.25, -0.2) is 0 Å². The van der Waals surface area contributed by atoms with Gasteiger partial charge in [-0.15, -0.1) is 0 Å². The van der Waals surface area contributed by atoms with E-state index in [2.05, 4.69) is 19.2 Å². The van der Waals surface area contributed by atoms with Crippen molar-refractivity contribution >= 4 is 11.9 Å². The van der Waals surface area contributed by atoms with E-state index in [9.17, 15) is 9.59 Å². The Kier molecular flexibility index (Phi) is 6.88. The molecule has 2 fully saturated rings. The van der Waals surface area contributed by atoms with Crippen LogP contribution in [0.3, 0.4) is 0 Å². The third kappa shape index (κ3) is 4.93. The van der Waals surface area contributed by atoms with Crippen LogP contribution >= 0.6 is 0 Å². The zero-order chi connectivity index (χ0) is 16.8. The Balaban J connectivity index is 1.80. The molecule has 1 saturated carbocycles. The minimum Gasteiger partial charge on any atom is -0.481 e. The van der Waals surface area contributed by atoms with Gasteiger partial charge < -0.3 is 15.2 Å². The number of hydrogen-bond donors (Lipinski definition) is 2. The second-order valence-corrected chi connectivity index (χ2v) is 7.10. The van der Waals surface area contributed by atoms with Gasteiger partial charge in [0.25, 0.3) is 0 Å². The predicted molar refractivity (Wildman–Crippen MR) is 88.1 cm³/mol. The third-order valence-electron chi connectivity index (χ3n) is 5.68. The van der Waals surface area contributed by atoms with Gasteiger partial charge in [0.05, 0.1) is 12.0 Å². The summed E-state index contributed by atoms with van der Waals surface area (Å²) < 4.78 is 5.90. The number of ether oxygens (including phenoxy) is 1. The summed E-state index contributed by atoms with van der Waals surface area (Å²) in [5, 5.41) is 12.2. The molecule has 2 aliphatic rings.